The lowest BCUT2D eigenvalue weighted by molar-refractivity contribution is -0.140. The molecule has 8 nitrogen and oxygen atoms in total. The number of benzene rings is 3. The molecule has 0 aliphatic rings. The number of nitrogens with one attached hydrogen (secondary N) is 1. The van der Waals surface area contributed by atoms with Crippen LogP contribution in [0.2, 0.25) is 0 Å². The number of hydrogen-bond acceptors (Lipinski definition) is 5. The van der Waals surface area contributed by atoms with Crippen molar-refractivity contribution in [3.63, 3.8) is 0 Å². The zero-order chi connectivity index (χ0) is 29.7. The average molecular weight is 570 g/mol. The number of methoxy groups -OCH3 is 1. The van der Waals surface area contributed by atoms with Gasteiger partial charge in [0.25, 0.3) is 10.0 Å². The van der Waals surface area contributed by atoms with Gasteiger partial charge in [-0.1, -0.05) is 35.9 Å². The van der Waals surface area contributed by atoms with Crippen molar-refractivity contribution in [1.82, 2.24) is 10.2 Å². The fraction of sp³-hybridized carbons (Fsp3) is 0.333. The molecular weight excluding hydrogens is 533 g/mol. The highest BCUT2D eigenvalue weighted by Gasteiger charge is 2.33. The Labute approximate surface area is 235 Å². The van der Waals surface area contributed by atoms with Gasteiger partial charge in [0.05, 0.1) is 17.7 Å². The third kappa shape index (κ3) is 7.81. The summed E-state index contributed by atoms with van der Waals surface area (Å²) >= 11 is 0. The molecule has 3 rings (SSSR count). The van der Waals surface area contributed by atoms with Crippen molar-refractivity contribution in [2.75, 3.05) is 18.0 Å². The summed E-state index contributed by atoms with van der Waals surface area (Å²) in [5.74, 6) is -1.04. The lowest BCUT2D eigenvalue weighted by atomic mass is 10.1. The molecule has 0 aliphatic carbocycles. The molecule has 0 aliphatic heterocycles. The van der Waals surface area contributed by atoms with Gasteiger partial charge in [0.2, 0.25) is 11.8 Å². The molecule has 214 valence electrons. The van der Waals surface area contributed by atoms with E-state index >= 15 is 0 Å². The number of rotatable bonds is 10. The van der Waals surface area contributed by atoms with E-state index in [2.05, 4.69) is 5.32 Å². The van der Waals surface area contributed by atoms with Crippen LogP contribution in [0.4, 0.5) is 10.1 Å². The molecule has 3 aromatic rings. The second kappa shape index (κ2) is 12.5. The maximum Gasteiger partial charge on any atom is 0.264 e. The number of halogens is 1. The molecule has 0 radical (unpaired) electrons. The minimum Gasteiger partial charge on any atom is -0.497 e. The van der Waals surface area contributed by atoms with E-state index in [1.54, 1.807) is 37.3 Å². The van der Waals surface area contributed by atoms with Gasteiger partial charge in [0.1, 0.15) is 24.2 Å². The van der Waals surface area contributed by atoms with E-state index in [0.29, 0.717) is 11.3 Å². The molecule has 2 amide bonds. The van der Waals surface area contributed by atoms with Crippen LogP contribution in [0.25, 0.3) is 0 Å². The van der Waals surface area contributed by atoms with Gasteiger partial charge in [-0.3, -0.25) is 13.9 Å². The van der Waals surface area contributed by atoms with Crippen LogP contribution < -0.4 is 14.4 Å². The highest BCUT2D eigenvalue weighted by atomic mass is 32.2. The number of hydrogen-bond donors (Lipinski definition) is 1. The van der Waals surface area contributed by atoms with Crippen LogP contribution in [0.1, 0.15) is 38.8 Å². The molecule has 40 heavy (non-hydrogen) atoms. The summed E-state index contributed by atoms with van der Waals surface area (Å²) in [5.41, 5.74) is 1.13. The Kier molecular flexibility index (Phi) is 9.57. The van der Waals surface area contributed by atoms with Gasteiger partial charge in [-0.25, -0.2) is 12.8 Å². The number of carbonyl (C=O) groups excluding carboxylic acids is 2. The van der Waals surface area contributed by atoms with Gasteiger partial charge < -0.3 is 15.0 Å². The van der Waals surface area contributed by atoms with Crippen LogP contribution in [0, 0.1) is 12.7 Å². The molecule has 10 heteroatoms. The normalized spacial score (nSPS) is 12.4. The van der Waals surface area contributed by atoms with E-state index in [-0.39, 0.29) is 17.1 Å². The second-order valence-corrected chi connectivity index (χ2v) is 12.5. The van der Waals surface area contributed by atoms with Crippen molar-refractivity contribution in [3.05, 3.63) is 89.7 Å². The van der Waals surface area contributed by atoms with Crippen LogP contribution >= 0.6 is 0 Å². The number of anilines is 1. The number of sulfonamides is 1. The van der Waals surface area contributed by atoms with Crippen LogP contribution in [0.15, 0.2) is 77.7 Å². The van der Waals surface area contributed by atoms with Crippen molar-refractivity contribution >= 4 is 27.5 Å². The number of carbonyl (C=O) groups is 2. The smallest absolute Gasteiger partial charge is 0.264 e. The Balaban J connectivity index is 2.05. The van der Waals surface area contributed by atoms with Crippen molar-refractivity contribution in [3.8, 4) is 5.75 Å². The number of aryl methyl sites for hydroxylation is 1. The fourth-order valence-corrected chi connectivity index (χ4v) is 5.38. The summed E-state index contributed by atoms with van der Waals surface area (Å²) in [4.78, 5) is 28.4. The summed E-state index contributed by atoms with van der Waals surface area (Å²) in [6.45, 7) is 8.27. The summed E-state index contributed by atoms with van der Waals surface area (Å²) in [6.07, 6.45) is 0. The third-order valence-corrected chi connectivity index (χ3v) is 7.95. The number of amides is 2. The topological polar surface area (TPSA) is 96.0 Å². The standard InChI is InChI=1S/C30H36FN3O5S/c1-21-10-16-27(17-11-21)40(37,38)34(25-8-7-9-26(18-25)39-6)20-28(35)33(19-23-12-14-24(31)15-13-23)22(2)29(36)32-30(3,4)5/h7-18,22H,19-20H2,1-6H3,(H,32,36). The first-order valence-corrected chi connectivity index (χ1v) is 14.2. The summed E-state index contributed by atoms with van der Waals surface area (Å²) < 4.78 is 47.6. The zero-order valence-electron chi connectivity index (χ0n) is 23.6. The van der Waals surface area contributed by atoms with E-state index in [1.165, 1.54) is 54.5 Å². The van der Waals surface area contributed by atoms with E-state index in [0.717, 1.165) is 9.87 Å². The molecule has 3 aromatic carbocycles. The maximum atomic E-state index is 13.9. The minimum atomic E-state index is -4.20. The summed E-state index contributed by atoms with van der Waals surface area (Å²) in [7, 11) is -2.74. The Morgan fingerprint density at radius 1 is 1.00 bits per heavy atom. The first-order valence-electron chi connectivity index (χ1n) is 12.8. The Morgan fingerprint density at radius 3 is 2.20 bits per heavy atom. The maximum absolute atomic E-state index is 13.9. The third-order valence-electron chi connectivity index (χ3n) is 6.16. The Bertz CT molecular complexity index is 1440. The first-order chi connectivity index (χ1) is 18.7. The highest BCUT2D eigenvalue weighted by Crippen LogP contribution is 2.28. The number of nitrogens with zero attached hydrogens (tertiary/aromatic N) is 2. The van der Waals surface area contributed by atoms with E-state index in [4.69, 9.17) is 4.74 Å². The van der Waals surface area contributed by atoms with E-state index < -0.39 is 45.8 Å². The van der Waals surface area contributed by atoms with Crippen molar-refractivity contribution in [1.29, 1.82) is 0 Å². The summed E-state index contributed by atoms with van der Waals surface area (Å²) in [5, 5.41) is 2.87. The SMILES string of the molecule is COc1cccc(N(CC(=O)N(Cc2ccc(F)cc2)C(C)C(=O)NC(C)(C)C)S(=O)(=O)c2ccc(C)cc2)c1. The minimum absolute atomic E-state index is 0.0114. The molecule has 1 unspecified atom stereocenters. The predicted octanol–water partition coefficient (Wildman–Crippen LogP) is 4.67. The summed E-state index contributed by atoms with van der Waals surface area (Å²) in [6, 6.07) is 17.3. The molecule has 0 heterocycles. The van der Waals surface area contributed by atoms with E-state index in [9.17, 15) is 22.4 Å². The lowest BCUT2D eigenvalue weighted by Gasteiger charge is -2.33. The molecule has 0 saturated heterocycles. The van der Waals surface area contributed by atoms with Gasteiger partial charge >= 0.3 is 0 Å². The molecule has 1 atom stereocenters. The highest BCUT2D eigenvalue weighted by molar-refractivity contribution is 7.92. The van der Waals surface area contributed by atoms with E-state index in [1.807, 2.05) is 27.7 Å². The molecule has 0 aromatic heterocycles. The Morgan fingerprint density at radius 2 is 1.62 bits per heavy atom. The quantitative estimate of drug-likeness (QED) is 0.383. The van der Waals surface area contributed by atoms with Crippen molar-refractivity contribution < 1.29 is 27.1 Å². The van der Waals surface area contributed by atoms with Gasteiger partial charge in [-0.2, -0.15) is 0 Å². The van der Waals surface area contributed by atoms with Crippen LogP contribution in [-0.4, -0.2) is 50.4 Å². The molecule has 0 fully saturated rings. The van der Waals surface area contributed by atoms with Gasteiger partial charge in [0, 0.05) is 18.2 Å². The van der Waals surface area contributed by atoms with Crippen LogP contribution in [0.3, 0.4) is 0 Å². The molecule has 0 saturated carbocycles. The lowest BCUT2D eigenvalue weighted by Crippen LogP contribution is -2.54. The second-order valence-electron chi connectivity index (χ2n) is 10.6. The molecule has 1 N–H and O–H groups in total. The predicted molar refractivity (Wildman–Crippen MR) is 153 cm³/mol. The fourth-order valence-electron chi connectivity index (χ4n) is 3.97. The first kappa shape index (κ1) is 30.6. The van der Waals surface area contributed by atoms with Crippen molar-refractivity contribution in [2.45, 2.75) is 57.6 Å². The van der Waals surface area contributed by atoms with Gasteiger partial charge in [-0.05, 0) is 76.6 Å². The largest absolute Gasteiger partial charge is 0.497 e. The molecule has 0 bridgehead atoms. The van der Waals surface area contributed by atoms with Gasteiger partial charge in [-0.15, -0.1) is 0 Å². The Hall–Kier alpha value is -3.92. The average Bonchev–Trinajstić information content (AvgIpc) is 2.90. The monoisotopic (exact) mass is 569 g/mol. The van der Waals surface area contributed by atoms with Gasteiger partial charge in [0.15, 0.2) is 0 Å². The van der Waals surface area contributed by atoms with Crippen LogP contribution in [-0.2, 0) is 26.2 Å². The van der Waals surface area contributed by atoms with Crippen LogP contribution in [0.5, 0.6) is 5.75 Å². The zero-order valence-corrected chi connectivity index (χ0v) is 24.5. The van der Waals surface area contributed by atoms with Crippen molar-refractivity contribution in [2.24, 2.45) is 0 Å². The molecular formula is C30H36FN3O5S. The number of ether oxygens (including phenoxy) is 1. The molecule has 0 spiro atoms.